The SMILES string of the molecule is c1ccc(-c2c3ccccc3c(-c3cccc(-c4ccc5sc6ccc7ccc8sc9ccccc9c8c7c6c5c4)c3)c3ccccc23)cc1. The van der Waals surface area contributed by atoms with E-state index in [1.54, 1.807) is 0 Å². The van der Waals surface area contributed by atoms with Crippen molar-refractivity contribution in [2.45, 2.75) is 0 Å². The van der Waals surface area contributed by atoms with Crippen LogP contribution in [-0.2, 0) is 0 Å². The van der Waals surface area contributed by atoms with Gasteiger partial charge in [0.25, 0.3) is 0 Å². The molecule has 11 rings (SSSR count). The lowest BCUT2D eigenvalue weighted by Gasteiger charge is -2.18. The van der Waals surface area contributed by atoms with Crippen LogP contribution in [0.4, 0.5) is 0 Å². The van der Waals surface area contributed by atoms with E-state index < -0.39 is 0 Å². The molecule has 0 saturated heterocycles. The Morgan fingerprint density at radius 2 is 0.740 bits per heavy atom. The summed E-state index contributed by atoms with van der Waals surface area (Å²) in [4.78, 5) is 0. The standard InChI is InChI=1S/C48H28S2/c1-2-11-29(12-3-1)44-34-15-4-6-17-36(34)45(37-18-7-5-16-35(37)44)33-14-10-13-31(27-33)32-23-24-41-39(28-32)48-43(50-41)26-22-30-21-25-42-47(46(30)48)38-19-8-9-20-40(38)49-42/h1-28H. The van der Waals surface area contributed by atoms with E-state index in [1.807, 2.05) is 22.7 Å². The lowest BCUT2D eigenvalue weighted by molar-refractivity contribution is 1.63. The first-order valence-corrected chi connectivity index (χ1v) is 18.7. The Balaban J connectivity index is 1.15. The summed E-state index contributed by atoms with van der Waals surface area (Å²) in [6.45, 7) is 0. The molecule has 0 fully saturated rings. The largest absolute Gasteiger partial charge is 0.135 e. The average molecular weight is 669 g/mol. The van der Waals surface area contributed by atoms with Gasteiger partial charge in [-0.2, -0.15) is 0 Å². The Bertz CT molecular complexity index is 3080. The Morgan fingerprint density at radius 3 is 1.42 bits per heavy atom. The maximum absolute atomic E-state index is 2.44. The van der Waals surface area contributed by atoms with Crippen molar-refractivity contribution >= 4 is 95.3 Å². The molecule has 232 valence electrons. The van der Waals surface area contributed by atoms with Gasteiger partial charge in [0.1, 0.15) is 0 Å². The summed E-state index contributed by atoms with van der Waals surface area (Å²) in [7, 11) is 0. The summed E-state index contributed by atoms with van der Waals surface area (Å²) < 4.78 is 5.38. The van der Waals surface area contributed by atoms with E-state index in [4.69, 9.17) is 0 Å². The van der Waals surface area contributed by atoms with E-state index >= 15 is 0 Å². The second kappa shape index (κ2) is 10.9. The van der Waals surface area contributed by atoms with Gasteiger partial charge in [0.2, 0.25) is 0 Å². The lowest BCUT2D eigenvalue weighted by atomic mass is 9.85. The normalized spacial score (nSPS) is 12.0. The van der Waals surface area contributed by atoms with E-state index in [-0.39, 0.29) is 0 Å². The van der Waals surface area contributed by atoms with Crippen molar-refractivity contribution in [1.29, 1.82) is 0 Å². The van der Waals surface area contributed by atoms with Gasteiger partial charge in [0.05, 0.1) is 0 Å². The molecule has 0 amide bonds. The molecule has 0 radical (unpaired) electrons. The number of thiophene rings is 2. The van der Waals surface area contributed by atoms with Gasteiger partial charge in [-0.1, -0.05) is 133 Å². The fraction of sp³-hybridized carbons (Fsp3) is 0. The zero-order valence-corrected chi connectivity index (χ0v) is 28.6. The molecule has 0 saturated carbocycles. The first-order chi connectivity index (χ1) is 24.8. The van der Waals surface area contributed by atoms with Gasteiger partial charge in [0, 0.05) is 45.7 Å². The third-order valence-corrected chi connectivity index (χ3v) is 12.7. The van der Waals surface area contributed by atoms with Crippen molar-refractivity contribution in [3.05, 3.63) is 170 Å². The summed E-state index contributed by atoms with van der Waals surface area (Å²) in [5.74, 6) is 0. The molecule has 50 heavy (non-hydrogen) atoms. The van der Waals surface area contributed by atoms with E-state index in [0.29, 0.717) is 0 Å². The molecule has 0 unspecified atom stereocenters. The number of rotatable bonds is 3. The first kappa shape index (κ1) is 28.1. The minimum Gasteiger partial charge on any atom is -0.135 e. The predicted octanol–water partition coefficient (Wildman–Crippen LogP) is 14.9. The number of hydrogen-bond acceptors (Lipinski definition) is 2. The first-order valence-electron chi connectivity index (χ1n) is 17.1. The summed E-state index contributed by atoms with van der Waals surface area (Å²) in [5.41, 5.74) is 7.55. The zero-order valence-electron chi connectivity index (χ0n) is 27.0. The fourth-order valence-corrected chi connectivity index (χ4v) is 10.5. The van der Waals surface area contributed by atoms with Crippen LogP contribution in [-0.4, -0.2) is 0 Å². The molecule has 0 N–H and O–H groups in total. The predicted molar refractivity (Wildman–Crippen MR) is 221 cm³/mol. The fourth-order valence-electron chi connectivity index (χ4n) is 8.29. The molecule has 0 spiro atoms. The van der Waals surface area contributed by atoms with Gasteiger partial charge in [-0.05, 0) is 96.7 Å². The van der Waals surface area contributed by atoms with Gasteiger partial charge < -0.3 is 0 Å². The quantitative estimate of drug-likeness (QED) is 0.164. The Kier molecular flexibility index (Phi) is 6.09. The molecule has 2 aromatic heterocycles. The second-order valence-corrected chi connectivity index (χ2v) is 15.3. The Hall–Kier alpha value is -5.80. The van der Waals surface area contributed by atoms with Crippen LogP contribution in [0, 0.1) is 0 Å². The topological polar surface area (TPSA) is 0 Å². The Labute approximate surface area is 297 Å². The van der Waals surface area contributed by atoms with Gasteiger partial charge >= 0.3 is 0 Å². The molecule has 2 heterocycles. The highest BCUT2D eigenvalue weighted by atomic mass is 32.1. The van der Waals surface area contributed by atoms with Crippen molar-refractivity contribution in [3.8, 4) is 33.4 Å². The molecule has 9 aromatic carbocycles. The van der Waals surface area contributed by atoms with Crippen LogP contribution in [0.3, 0.4) is 0 Å². The van der Waals surface area contributed by atoms with Crippen LogP contribution in [0.25, 0.3) is 106 Å². The van der Waals surface area contributed by atoms with Gasteiger partial charge in [-0.3, -0.25) is 0 Å². The maximum atomic E-state index is 2.44. The van der Waals surface area contributed by atoms with Crippen LogP contribution >= 0.6 is 22.7 Å². The van der Waals surface area contributed by atoms with Crippen LogP contribution in [0.2, 0.25) is 0 Å². The van der Waals surface area contributed by atoms with Crippen LogP contribution < -0.4 is 0 Å². The monoisotopic (exact) mass is 668 g/mol. The van der Waals surface area contributed by atoms with Gasteiger partial charge in [0.15, 0.2) is 0 Å². The molecule has 2 heteroatoms. The number of fused-ring (bicyclic) bond motifs is 11. The highest BCUT2D eigenvalue weighted by Crippen LogP contribution is 2.47. The van der Waals surface area contributed by atoms with E-state index in [2.05, 4.69) is 170 Å². The molecule has 0 bridgehead atoms. The molecule has 0 aliphatic heterocycles. The van der Waals surface area contributed by atoms with Gasteiger partial charge in [-0.25, -0.2) is 0 Å². The summed E-state index contributed by atoms with van der Waals surface area (Å²) in [6, 6.07) is 63.0. The summed E-state index contributed by atoms with van der Waals surface area (Å²) in [5, 5.41) is 13.3. The highest BCUT2D eigenvalue weighted by Gasteiger charge is 2.18. The molecule has 0 aliphatic rings. The molecule has 0 nitrogen and oxygen atoms in total. The minimum absolute atomic E-state index is 1.23. The smallest absolute Gasteiger partial charge is 0.0362 e. The third-order valence-electron chi connectivity index (χ3n) is 10.4. The number of benzene rings is 9. The van der Waals surface area contributed by atoms with Crippen LogP contribution in [0.1, 0.15) is 0 Å². The third kappa shape index (κ3) is 4.10. The van der Waals surface area contributed by atoms with Crippen LogP contribution in [0.5, 0.6) is 0 Å². The van der Waals surface area contributed by atoms with Crippen molar-refractivity contribution < 1.29 is 0 Å². The summed E-state index contributed by atoms with van der Waals surface area (Å²) in [6.07, 6.45) is 0. The van der Waals surface area contributed by atoms with Crippen molar-refractivity contribution in [3.63, 3.8) is 0 Å². The zero-order chi connectivity index (χ0) is 32.8. The summed E-state index contributed by atoms with van der Waals surface area (Å²) >= 11 is 3.80. The van der Waals surface area contributed by atoms with E-state index in [1.165, 1.54) is 106 Å². The van der Waals surface area contributed by atoms with E-state index in [9.17, 15) is 0 Å². The average Bonchev–Trinajstić information content (AvgIpc) is 3.75. The number of hydrogen-bond donors (Lipinski definition) is 0. The second-order valence-electron chi connectivity index (χ2n) is 13.2. The maximum Gasteiger partial charge on any atom is 0.0362 e. The molecule has 0 aliphatic carbocycles. The molecule has 0 atom stereocenters. The van der Waals surface area contributed by atoms with Gasteiger partial charge in [-0.15, -0.1) is 22.7 Å². The molecular weight excluding hydrogens is 641 g/mol. The minimum atomic E-state index is 1.23. The molecular formula is C48H28S2. The lowest BCUT2D eigenvalue weighted by Crippen LogP contribution is -1.91. The van der Waals surface area contributed by atoms with E-state index in [0.717, 1.165) is 0 Å². The van der Waals surface area contributed by atoms with Crippen molar-refractivity contribution in [1.82, 2.24) is 0 Å². The Morgan fingerprint density at radius 1 is 0.260 bits per heavy atom. The van der Waals surface area contributed by atoms with Crippen LogP contribution in [0.15, 0.2) is 170 Å². The van der Waals surface area contributed by atoms with Crippen molar-refractivity contribution in [2.75, 3.05) is 0 Å². The van der Waals surface area contributed by atoms with Crippen molar-refractivity contribution in [2.24, 2.45) is 0 Å². The molecule has 11 aromatic rings. The highest BCUT2D eigenvalue weighted by molar-refractivity contribution is 7.27.